The van der Waals surface area contributed by atoms with Gasteiger partial charge in [0.25, 0.3) is 0 Å². The zero-order valence-corrected chi connectivity index (χ0v) is 18.1. The Hall–Kier alpha value is -2.41. The summed E-state index contributed by atoms with van der Waals surface area (Å²) in [6.45, 7) is 2.21. The second-order valence-electron chi connectivity index (χ2n) is 8.62. The first-order valence-corrected chi connectivity index (χ1v) is 11.7. The van der Waals surface area contributed by atoms with Crippen LogP contribution in [0.3, 0.4) is 0 Å². The quantitative estimate of drug-likeness (QED) is 0.744. The van der Waals surface area contributed by atoms with Crippen LogP contribution < -0.4 is 0 Å². The number of hydrogen-bond donors (Lipinski definition) is 1. The van der Waals surface area contributed by atoms with E-state index in [0.29, 0.717) is 41.5 Å². The summed E-state index contributed by atoms with van der Waals surface area (Å²) >= 11 is 1.45. The number of likely N-dealkylation sites (tertiary alicyclic amines) is 1. The number of hydrogen-bond acceptors (Lipinski definition) is 6. The van der Waals surface area contributed by atoms with Crippen molar-refractivity contribution in [2.24, 2.45) is 0 Å². The van der Waals surface area contributed by atoms with E-state index in [1.165, 1.54) is 11.8 Å². The first-order valence-electron chi connectivity index (χ1n) is 10.7. The van der Waals surface area contributed by atoms with E-state index in [0.717, 1.165) is 30.5 Å². The molecule has 31 heavy (non-hydrogen) atoms. The average Bonchev–Trinajstić information content (AvgIpc) is 2.78. The van der Waals surface area contributed by atoms with Gasteiger partial charge in [-0.1, -0.05) is 54.6 Å². The topological polar surface area (TPSA) is 66.8 Å². The summed E-state index contributed by atoms with van der Waals surface area (Å²) in [4.78, 5) is 27.8. The second-order valence-corrected chi connectivity index (χ2v) is 9.60. The molecule has 160 valence electrons. The number of β-amino-alcohol motifs (C(OH)–C–C–N with tert-alkyl or cyclic N) is 1. The molecule has 1 N–H and O–H groups in total. The summed E-state index contributed by atoms with van der Waals surface area (Å²) in [6.07, 6.45) is 2.04. The van der Waals surface area contributed by atoms with Crippen molar-refractivity contribution < 1.29 is 19.4 Å². The minimum atomic E-state index is -0.459. The Morgan fingerprint density at radius 1 is 1.03 bits per heavy atom. The second kappa shape index (κ2) is 8.26. The van der Waals surface area contributed by atoms with E-state index in [2.05, 4.69) is 4.90 Å². The van der Waals surface area contributed by atoms with E-state index in [1.54, 1.807) is 12.1 Å². The van der Waals surface area contributed by atoms with E-state index < -0.39 is 23.3 Å². The van der Waals surface area contributed by atoms with Crippen molar-refractivity contribution in [3.8, 4) is 0 Å². The number of aliphatic hydroxyl groups excluding tert-OH is 1. The molecule has 1 unspecified atom stereocenters. The normalized spacial score (nSPS) is 24.5. The van der Waals surface area contributed by atoms with Gasteiger partial charge < -0.3 is 9.84 Å². The van der Waals surface area contributed by atoms with E-state index in [-0.39, 0.29) is 0 Å². The predicted molar refractivity (Wildman–Crippen MR) is 121 cm³/mol. The van der Waals surface area contributed by atoms with Crippen LogP contribution in [-0.2, 0) is 16.0 Å². The fraction of sp³-hybridized carbons (Fsp3) is 0.360. The van der Waals surface area contributed by atoms with Crippen molar-refractivity contribution in [3.05, 3.63) is 76.2 Å². The molecule has 2 atom stereocenters. The maximum Gasteiger partial charge on any atom is 0.243 e. The molecule has 1 aliphatic carbocycles. The number of Topliss-reactive ketones (excluding diaryl/α,β-unsaturated/α-hetero) is 2. The number of allylic oxidation sites excluding steroid dienone is 1. The molecule has 1 spiro atoms. The maximum atomic E-state index is 12.6. The largest absolute Gasteiger partial charge is 0.483 e. The van der Waals surface area contributed by atoms with Gasteiger partial charge in [-0.2, -0.15) is 0 Å². The molecule has 0 aromatic heterocycles. The van der Waals surface area contributed by atoms with Crippen LogP contribution in [0.25, 0.3) is 5.76 Å². The number of ketones is 2. The molecule has 5 rings (SSSR count). The highest BCUT2D eigenvalue weighted by Gasteiger charge is 2.46. The third-order valence-electron chi connectivity index (χ3n) is 6.23. The number of carbonyl (C=O) groups excluding carboxylic acids is 2. The van der Waals surface area contributed by atoms with Gasteiger partial charge in [0.15, 0.2) is 0 Å². The van der Waals surface area contributed by atoms with Crippen LogP contribution in [0, 0.1) is 0 Å². The molecule has 2 heterocycles. The van der Waals surface area contributed by atoms with Gasteiger partial charge in [0.2, 0.25) is 11.6 Å². The first-order chi connectivity index (χ1) is 15.0. The van der Waals surface area contributed by atoms with Crippen LogP contribution in [0.4, 0.5) is 0 Å². The number of aliphatic hydroxyl groups is 1. The lowest BCUT2D eigenvalue weighted by atomic mass is 9.90. The molecular formula is C25H25NO4S. The highest BCUT2D eigenvalue weighted by Crippen LogP contribution is 2.46. The lowest BCUT2D eigenvalue weighted by molar-refractivity contribution is -0.111. The fourth-order valence-corrected chi connectivity index (χ4v) is 6.02. The summed E-state index contributed by atoms with van der Waals surface area (Å²) in [5, 5.41) is 10.6. The van der Waals surface area contributed by atoms with Gasteiger partial charge in [-0.25, -0.2) is 0 Å². The molecule has 5 nitrogen and oxygen atoms in total. The molecule has 2 aliphatic heterocycles. The highest BCUT2D eigenvalue weighted by atomic mass is 32.2. The minimum Gasteiger partial charge on any atom is -0.483 e. The number of carbonyl (C=O) groups is 2. The van der Waals surface area contributed by atoms with Crippen molar-refractivity contribution in [1.82, 2.24) is 4.90 Å². The van der Waals surface area contributed by atoms with Crippen LogP contribution in [0.1, 0.15) is 34.3 Å². The van der Waals surface area contributed by atoms with Gasteiger partial charge in [0.05, 0.1) is 6.10 Å². The van der Waals surface area contributed by atoms with Crippen molar-refractivity contribution >= 4 is 29.1 Å². The molecule has 0 saturated carbocycles. The third-order valence-corrected chi connectivity index (χ3v) is 7.56. The average molecular weight is 436 g/mol. The molecule has 1 saturated heterocycles. The maximum absolute atomic E-state index is 12.6. The fourth-order valence-electron chi connectivity index (χ4n) is 4.81. The van der Waals surface area contributed by atoms with E-state index in [1.807, 2.05) is 42.5 Å². The minimum absolute atomic E-state index is 0.415. The lowest BCUT2D eigenvalue weighted by Crippen LogP contribution is -2.54. The number of fused-ring (bicyclic) bond motifs is 2. The Morgan fingerprint density at radius 2 is 1.77 bits per heavy atom. The highest BCUT2D eigenvalue weighted by molar-refractivity contribution is 8.04. The zero-order chi connectivity index (χ0) is 21.4. The van der Waals surface area contributed by atoms with Gasteiger partial charge in [-0.05, 0) is 31.4 Å². The molecule has 0 amide bonds. The number of rotatable bonds is 4. The molecule has 0 bridgehead atoms. The van der Waals surface area contributed by atoms with Crippen LogP contribution >= 0.6 is 11.8 Å². The number of thioether (sulfide) groups is 1. The standard InChI is InChI=1S/C25H25NO4S/c27-18(13-17-7-2-1-3-8-17)14-26-12-6-11-25(15-26)16-31-24-22(29)21(28)19-9-4-5-10-20(19)23(24)30-25/h1-5,7-10,18,27H,6,11-16H2/t18-,25?/m0/s1. The Labute approximate surface area is 186 Å². The first kappa shape index (κ1) is 20.5. The van der Waals surface area contributed by atoms with Gasteiger partial charge in [-0.15, -0.1) is 11.8 Å². The summed E-state index contributed by atoms with van der Waals surface area (Å²) in [5.41, 5.74) is 1.86. The van der Waals surface area contributed by atoms with Gasteiger partial charge in [0.1, 0.15) is 16.3 Å². The van der Waals surface area contributed by atoms with Crippen molar-refractivity contribution in [2.45, 2.75) is 31.0 Å². The number of ether oxygens (including phenoxy) is 1. The van der Waals surface area contributed by atoms with Crippen molar-refractivity contribution in [2.75, 3.05) is 25.4 Å². The van der Waals surface area contributed by atoms with Crippen molar-refractivity contribution in [3.63, 3.8) is 0 Å². The lowest BCUT2D eigenvalue weighted by Gasteiger charge is -2.46. The molecule has 6 heteroatoms. The SMILES string of the molecule is O=C1C(=O)c2ccccc2C2=C1SCC1(CCCN(C[C@@H](O)Cc3ccccc3)C1)O2. The molecular weight excluding hydrogens is 410 g/mol. The van der Waals surface area contributed by atoms with E-state index in [9.17, 15) is 14.7 Å². The number of benzene rings is 2. The van der Waals surface area contributed by atoms with Gasteiger partial charge >= 0.3 is 0 Å². The Kier molecular flexibility index (Phi) is 5.46. The van der Waals surface area contributed by atoms with Gasteiger partial charge in [0, 0.05) is 30.0 Å². The van der Waals surface area contributed by atoms with Crippen LogP contribution in [0.2, 0.25) is 0 Å². The summed E-state index contributed by atoms with van der Waals surface area (Å²) in [7, 11) is 0. The van der Waals surface area contributed by atoms with Crippen LogP contribution in [0.5, 0.6) is 0 Å². The summed E-state index contributed by atoms with van der Waals surface area (Å²) < 4.78 is 6.56. The van der Waals surface area contributed by atoms with E-state index in [4.69, 9.17) is 4.74 Å². The number of piperidine rings is 1. The third kappa shape index (κ3) is 3.95. The Bertz CT molecular complexity index is 1050. The monoisotopic (exact) mass is 435 g/mol. The Morgan fingerprint density at radius 3 is 2.58 bits per heavy atom. The zero-order valence-electron chi connectivity index (χ0n) is 17.3. The van der Waals surface area contributed by atoms with E-state index >= 15 is 0 Å². The molecule has 3 aliphatic rings. The number of nitrogens with zero attached hydrogens (tertiary/aromatic N) is 1. The smallest absolute Gasteiger partial charge is 0.243 e. The molecule has 2 aromatic carbocycles. The predicted octanol–water partition coefficient (Wildman–Crippen LogP) is 3.32. The summed E-state index contributed by atoms with van der Waals surface area (Å²) in [6, 6.07) is 17.2. The Balaban J connectivity index is 1.33. The van der Waals surface area contributed by atoms with Gasteiger partial charge in [-0.3, -0.25) is 14.5 Å². The molecule has 2 aromatic rings. The van der Waals surface area contributed by atoms with Crippen LogP contribution in [0.15, 0.2) is 59.5 Å². The molecule has 0 radical (unpaired) electrons. The van der Waals surface area contributed by atoms with Crippen LogP contribution in [-0.4, -0.2) is 58.7 Å². The molecule has 1 fully saturated rings. The van der Waals surface area contributed by atoms with Crippen molar-refractivity contribution in [1.29, 1.82) is 0 Å². The summed E-state index contributed by atoms with van der Waals surface area (Å²) in [5.74, 6) is 0.288.